The maximum absolute atomic E-state index is 12.2. The molecule has 0 fully saturated rings. The highest BCUT2D eigenvalue weighted by molar-refractivity contribution is 5.26. The molecular weight excluding hydrogens is 181 g/mol. The maximum atomic E-state index is 12.2. The van der Waals surface area contributed by atoms with Crippen molar-refractivity contribution in [2.75, 3.05) is 0 Å². The number of hydrogen-bond acceptors (Lipinski definition) is 2. The Morgan fingerprint density at radius 2 is 2.08 bits per heavy atom. The molecule has 0 unspecified atom stereocenters. The Morgan fingerprint density at radius 3 is 2.54 bits per heavy atom. The van der Waals surface area contributed by atoms with E-state index in [0.717, 1.165) is 12.3 Å². The maximum Gasteiger partial charge on any atom is 0.417 e. The van der Waals surface area contributed by atoms with Crippen molar-refractivity contribution in [3.8, 4) is 0 Å². The molecule has 0 aliphatic carbocycles. The molecule has 0 spiro atoms. The van der Waals surface area contributed by atoms with Crippen molar-refractivity contribution in [2.45, 2.75) is 19.6 Å². The van der Waals surface area contributed by atoms with Gasteiger partial charge in [0.1, 0.15) is 0 Å². The van der Waals surface area contributed by atoms with Gasteiger partial charge in [0, 0.05) is 18.4 Å². The number of aromatic nitrogens is 1. The van der Waals surface area contributed by atoms with Crippen LogP contribution in [-0.2, 0) is 12.7 Å². The van der Waals surface area contributed by atoms with Gasteiger partial charge in [-0.05, 0) is 18.6 Å². The Labute approximate surface area is 73.6 Å². The quantitative estimate of drug-likeness (QED) is 0.734. The molecule has 0 bridgehead atoms. The lowest BCUT2D eigenvalue weighted by Crippen LogP contribution is -2.09. The molecule has 0 saturated heterocycles. The van der Waals surface area contributed by atoms with Crippen molar-refractivity contribution < 1.29 is 13.2 Å². The minimum absolute atomic E-state index is 0.0722. The molecule has 0 aliphatic heterocycles. The fourth-order valence-corrected chi connectivity index (χ4v) is 0.940. The Bertz CT molecular complexity index is 307. The van der Waals surface area contributed by atoms with Crippen LogP contribution < -0.4 is 5.73 Å². The van der Waals surface area contributed by atoms with Gasteiger partial charge in [0.2, 0.25) is 0 Å². The molecule has 0 amide bonds. The number of hydrogen-bond donors (Lipinski definition) is 1. The van der Waals surface area contributed by atoms with Gasteiger partial charge in [-0.2, -0.15) is 13.2 Å². The molecule has 0 radical (unpaired) electrons. The van der Waals surface area contributed by atoms with E-state index in [1.165, 1.54) is 0 Å². The Hall–Kier alpha value is -1.10. The van der Waals surface area contributed by atoms with Gasteiger partial charge in [-0.25, -0.2) is 0 Å². The van der Waals surface area contributed by atoms with Crippen molar-refractivity contribution >= 4 is 0 Å². The van der Waals surface area contributed by atoms with E-state index >= 15 is 0 Å². The van der Waals surface area contributed by atoms with E-state index in [1.54, 1.807) is 6.92 Å². The summed E-state index contributed by atoms with van der Waals surface area (Å²) in [4.78, 5) is 3.62. The van der Waals surface area contributed by atoms with Crippen LogP contribution in [0.25, 0.3) is 0 Å². The highest BCUT2D eigenvalue weighted by Crippen LogP contribution is 2.29. The van der Waals surface area contributed by atoms with E-state index in [4.69, 9.17) is 5.73 Å². The van der Waals surface area contributed by atoms with E-state index in [9.17, 15) is 13.2 Å². The van der Waals surface area contributed by atoms with Crippen LogP contribution in [0.15, 0.2) is 12.3 Å². The molecule has 2 nitrogen and oxygen atoms in total. The van der Waals surface area contributed by atoms with Crippen LogP contribution in [0.1, 0.15) is 16.8 Å². The SMILES string of the molecule is Cc1ncc(C(F)(F)F)cc1CN. The molecule has 0 atom stereocenters. The monoisotopic (exact) mass is 190 g/mol. The lowest BCUT2D eigenvalue weighted by molar-refractivity contribution is -0.137. The molecule has 0 aliphatic rings. The van der Waals surface area contributed by atoms with Crippen molar-refractivity contribution in [1.29, 1.82) is 0 Å². The van der Waals surface area contributed by atoms with Crippen LogP contribution in [0.4, 0.5) is 13.2 Å². The number of pyridine rings is 1. The Morgan fingerprint density at radius 1 is 1.46 bits per heavy atom. The van der Waals surface area contributed by atoms with Gasteiger partial charge in [0.25, 0.3) is 0 Å². The molecule has 2 N–H and O–H groups in total. The normalized spacial score (nSPS) is 11.8. The largest absolute Gasteiger partial charge is 0.417 e. The first-order valence-electron chi connectivity index (χ1n) is 3.68. The number of alkyl halides is 3. The summed E-state index contributed by atoms with van der Waals surface area (Å²) in [5, 5.41) is 0. The molecule has 1 aromatic rings. The lowest BCUT2D eigenvalue weighted by atomic mass is 10.1. The second-order valence-electron chi connectivity index (χ2n) is 2.67. The molecule has 72 valence electrons. The molecule has 5 heteroatoms. The zero-order valence-corrected chi connectivity index (χ0v) is 7.02. The Kier molecular flexibility index (Phi) is 2.56. The zero-order valence-electron chi connectivity index (χ0n) is 7.02. The second-order valence-corrected chi connectivity index (χ2v) is 2.67. The van der Waals surface area contributed by atoms with E-state index in [1.807, 2.05) is 0 Å². The third-order valence-corrected chi connectivity index (χ3v) is 1.74. The summed E-state index contributed by atoms with van der Waals surface area (Å²) < 4.78 is 36.5. The van der Waals surface area contributed by atoms with E-state index < -0.39 is 11.7 Å². The summed E-state index contributed by atoms with van der Waals surface area (Å²) in [7, 11) is 0. The van der Waals surface area contributed by atoms with E-state index in [0.29, 0.717) is 11.3 Å². The topological polar surface area (TPSA) is 38.9 Å². The standard InChI is InChI=1S/C8H9F3N2/c1-5-6(3-12)2-7(4-13-5)8(9,10)11/h2,4H,3,12H2,1H3. The Balaban J connectivity index is 3.14. The summed E-state index contributed by atoms with van der Waals surface area (Å²) in [6, 6.07) is 1.03. The number of aryl methyl sites for hydroxylation is 1. The number of halogens is 3. The first-order chi connectivity index (χ1) is 5.95. The molecule has 0 aromatic carbocycles. The summed E-state index contributed by atoms with van der Waals surface area (Å²) in [6.07, 6.45) is -3.53. The summed E-state index contributed by atoms with van der Waals surface area (Å²) in [6.45, 7) is 1.70. The van der Waals surface area contributed by atoms with Crippen LogP contribution in [0.2, 0.25) is 0 Å². The summed E-state index contributed by atoms with van der Waals surface area (Å²) in [5.74, 6) is 0. The zero-order chi connectivity index (χ0) is 10.1. The predicted octanol–water partition coefficient (Wildman–Crippen LogP) is 1.87. The van der Waals surface area contributed by atoms with Gasteiger partial charge >= 0.3 is 6.18 Å². The molecule has 0 saturated carbocycles. The van der Waals surface area contributed by atoms with Gasteiger partial charge in [0.05, 0.1) is 5.56 Å². The van der Waals surface area contributed by atoms with Gasteiger partial charge in [-0.15, -0.1) is 0 Å². The second kappa shape index (κ2) is 3.33. The fraction of sp³-hybridized carbons (Fsp3) is 0.375. The van der Waals surface area contributed by atoms with E-state index in [-0.39, 0.29) is 6.54 Å². The van der Waals surface area contributed by atoms with Crippen LogP contribution in [0, 0.1) is 6.92 Å². The fourth-order valence-electron chi connectivity index (χ4n) is 0.940. The molecule has 1 rings (SSSR count). The average Bonchev–Trinajstić information content (AvgIpc) is 2.03. The molecule has 1 heterocycles. The van der Waals surface area contributed by atoms with Gasteiger partial charge < -0.3 is 5.73 Å². The van der Waals surface area contributed by atoms with Crippen molar-refractivity contribution in [3.63, 3.8) is 0 Å². The van der Waals surface area contributed by atoms with Gasteiger partial charge in [-0.3, -0.25) is 4.98 Å². The minimum atomic E-state index is -4.34. The van der Waals surface area contributed by atoms with E-state index in [2.05, 4.69) is 4.98 Å². The van der Waals surface area contributed by atoms with Crippen LogP contribution in [0.3, 0.4) is 0 Å². The number of nitrogens with two attached hydrogens (primary N) is 1. The smallest absolute Gasteiger partial charge is 0.326 e. The minimum Gasteiger partial charge on any atom is -0.326 e. The highest BCUT2D eigenvalue weighted by Gasteiger charge is 2.31. The van der Waals surface area contributed by atoms with Crippen molar-refractivity contribution in [3.05, 3.63) is 29.1 Å². The van der Waals surface area contributed by atoms with Gasteiger partial charge in [0.15, 0.2) is 0 Å². The summed E-state index contributed by atoms with van der Waals surface area (Å²) >= 11 is 0. The number of nitrogens with zero attached hydrogens (tertiary/aromatic N) is 1. The molecular formula is C8H9F3N2. The molecule has 13 heavy (non-hydrogen) atoms. The third kappa shape index (κ3) is 2.18. The number of rotatable bonds is 1. The van der Waals surface area contributed by atoms with Crippen molar-refractivity contribution in [1.82, 2.24) is 4.98 Å². The highest BCUT2D eigenvalue weighted by atomic mass is 19.4. The van der Waals surface area contributed by atoms with Crippen LogP contribution >= 0.6 is 0 Å². The third-order valence-electron chi connectivity index (χ3n) is 1.74. The van der Waals surface area contributed by atoms with Gasteiger partial charge in [-0.1, -0.05) is 0 Å². The summed E-state index contributed by atoms with van der Waals surface area (Å²) in [5.41, 5.74) is 5.47. The van der Waals surface area contributed by atoms with Crippen LogP contribution in [0.5, 0.6) is 0 Å². The molecule has 1 aromatic heterocycles. The van der Waals surface area contributed by atoms with Crippen LogP contribution in [-0.4, -0.2) is 4.98 Å². The average molecular weight is 190 g/mol. The first-order valence-corrected chi connectivity index (χ1v) is 3.68. The first kappa shape index (κ1) is 9.98. The van der Waals surface area contributed by atoms with Crippen molar-refractivity contribution in [2.24, 2.45) is 5.73 Å². The predicted molar refractivity (Wildman–Crippen MR) is 41.9 cm³/mol. The lowest BCUT2D eigenvalue weighted by Gasteiger charge is -2.08.